The molecule has 0 atom stereocenters. The Bertz CT molecular complexity index is 1480. The van der Waals surface area contributed by atoms with Crippen LogP contribution in [0.4, 0.5) is 16.2 Å². The number of benzene rings is 2. The van der Waals surface area contributed by atoms with Gasteiger partial charge in [0.1, 0.15) is 6.54 Å². The summed E-state index contributed by atoms with van der Waals surface area (Å²) < 4.78 is 7.38. The van der Waals surface area contributed by atoms with Crippen LogP contribution in [0.3, 0.4) is 0 Å². The molecule has 0 spiro atoms. The van der Waals surface area contributed by atoms with Crippen LogP contribution in [0.15, 0.2) is 53.4 Å². The van der Waals surface area contributed by atoms with Gasteiger partial charge in [0, 0.05) is 41.5 Å². The zero-order valence-corrected chi connectivity index (χ0v) is 23.7. The van der Waals surface area contributed by atoms with Gasteiger partial charge in [-0.2, -0.15) is 0 Å². The molecule has 0 aliphatic carbocycles. The number of ether oxygens (including phenoxy) is 1. The lowest BCUT2D eigenvalue weighted by Crippen LogP contribution is -2.36. The molecule has 1 aromatic heterocycles. The summed E-state index contributed by atoms with van der Waals surface area (Å²) in [6.45, 7) is 6.50. The number of morpholine rings is 1. The Kier molecular flexibility index (Phi) is 8.04. The second kappa shape index (κ2) is 11.5. The lowest BCUT2D eigenvalue weighted by Gasteiger charge is -2.28. The van der Waals surface area contributed by atoms with E-state index < -0.39 is 17.1 Å². The van der Waals surface area contributed by atoms with Crippen molar-refractivity contribution in [1.29, 1.82) is 0 Å². The third-order valence-corrected chi connectivity index (χ3v) is 8.27. The van der Waals surface area contributed by atoms with Crippen LogP contribution in [0.5, 0.6) is 0 Å². The number of carbonyl (C=O) groups excluding carboxylic acids is 3. The highest BCUT2D eigenvalue weighted by molar-refractivity contribution is 8.18. The lowest BCUT2D eigenvalue weighted by atomic mass is 10.2. The van der Waals surface area contributed by atoms with Gasteiger partial charge in [0.2, 0.25) is 5.91 Å². The van der Waals surface area contributed by atoms with E-state index in [1.54, 1.807) is 30.3 Å². The molecule has 2 aliphatic heterocycles. The molecule has 2 saturated heterocycles. The molecule has 3 aromatic rings. The van der Waals surface area contributed by atoms with E-state index in [9.17, 15) is 14.4 Å². The van der Waals surface area contributed by atoms with E-state index in [4.69, 9.17) is 27.9 Å². The van der Waals surface area contributed by atoms with E-state index in [1.807, 2.05) is 42.7 Å². The van der Waals surface area contributed by atoms with Crippen molar-refractivity contribution in [3.63, 3.8) is 0 Å². The lowest BCUT2D eigenvalue weighted by molar-refractivity contribution is -0.127. The molecule has 0 saturated carbocycles. The summed E-state index contributed by atoms with van der Waals surface area (Å²) in [6, 6.07) is 14.8. The second-order valence-corrected chi connectivity index (χ2v) is 11.0. The van der Waals surface area contributed by atoms with Crippen LogP contribution in [-0.2, 0) is 14.3 Å². The van der Waals surface area contributed by atoms with E-state index in [0.29, 0.717) is 28.9 Å². The second-order valence-electron chi connectivity index (χ2n) is 9.22. The normalized spacial score (nSPS) is 16.9. The van der Waals surface area contributed by atoms with E-state index in [2.05, 4.69) is 10.2 Å². The van der Waals surface area contributed by atoms with Crippen LogP contribution in [-0.4, -0.2) is 59.4 Å². The molecule has 3 heterocycles. The maximum Gasteiger partial charge on any atom is 0.294 e. The number of aryl methyl sites for hydroxylation is 1. The molecule has 2 aromatic carbocycles. The molecule has 8 nitrogen and oxygen atoms in total. The molecule has 39 heavy (non-hydrogen) atoms. The smallest absolute Gasteiger partial charge is 0.294 e. The Labute approximate surface area is 240 Å². The summed E-state index contributed by atoms with van der Waals surface area (Å²) >= 11 is 13.1. The van der Waals surface area contributed by atoms with Crippen LogP contribution < -0.4 is 10.2 Å². The summed E-state index contributed by atoms with van der Waals surface area (Å²) in [7, 11) is 0. The topological polar surface area (TPSA) is 83.9 Å². The summed E-state index contributed by atoms with van der Waals surface area (Å²) in [5, 5.41) is 3.19. The van der Waals surface area contributed by atoms with Crippen LogP contribution in [0.2, 0.25) is 10.0 Å². The molecule has 202 valence electrons. The third-order valence-electron chi connectivity index (χ3n) is 6.62. The highest BCUT2D eigenvalue weighted by atomic mass is 35.5. The SMILES string of the molecule is Cc1cc(/C=C2\SC(=O)N(CC(=O)Nc3ccc(N4CCOCC4)cc3)C2=O)c(C)n1-c1ccc(Cl)c(Cl)c1. The molecule has 0 radical (unpaired) electrons. The number of carbonyl (C=O) groups is 3. The first kappa shape index (κ1) is 27.3. The van der Waals surface area contributed by atoms with Crippen molar-refractivity contribution in [1.82, 2.24) is 9.47 Å². The molecular weight excluding hydrogens is 559 g/mol. The van der Waals surface area contributed by atoms with Gasteiger partial charge < -0.3 is 19.5 Å². The Balaban J connectivity index is 1.26. The van der Waals surface area contributed by atoms with Crippen molar-refractivity contribution < 1.29 is 19.1 Å². The molecule has 0 bridgehead atoms. The summed E-state index contributed by atoms with van der Waals surface area (Å²) in [5.41, 5.74) is 5.06. The number of hydrogen-bond donors (Lipinski definition) is 1. The minimum atomic E-state index is -0.498. The number of thioether (sulfide) groups is 1. The first-order chi connectivity index (χ1) is 18.7. The van der Waals surface area contributed by atoms with E-state index in [-0.39, 0.29) is 11.4 Å². The molecule has 5 rings (SSSR count). The quantitative estimate of drug-likeness (QED) is 0.362. The molecule has 3 amide bonds. The standard InChI is InChI=1S/C28H26Cl2N4O4S/c1-17-13-19(18(2)34(17)22-7-8-23(29)24(30)15-22)14-25-27(36)33(28(37)39-25)16-26(35)31-20-3-5-21(6-4-20)32-9-11-38-12-10-32/h3-8,13-15H,9-12,16H2,1-2H3,(H,31,35)/b25-14-. The van der Waals surface area contributed by atoms with E-state index in [1.165, 1.54) is 0 Å². The predicted octanol–water partition coefficient (Wildman–Crippen LogP) is 5.91. The fraction of sp³-hybridized carbons (Fsp3) is 0.250. The Morgan fingerprint density at radius 2 is 1.69 bits per heavy atom. The number of nitrogens with zero attached hydrogens (tertiary/aromatic N) is 3. The van der Waals surface area contributed by atoms with Crippen LogP contribution in [0.1, 0.15) is 17.0 Å². The average Bonchev–Trinajstić information content (AvgIpc) is 3.35. The summed E-state index contributed by atoms with van der Waals surface area (Å²) in [5.74, 6) is -0.947. The number of imide groups is 1. The van der Waals surface area contributed by atoms with Crippen molar-refractivity contribution >= 4 is 69.5 Å². The molecule has 2 aliphatic rings. The maximum absolute atomic E-state index is 13.1. The minimum absolute atomic E-state index is 0.261. The monoisotopic (exact) mass is 584 g/mol. The highest BCUT2D eigenvalue weighted by Crippen LogP contribution is 2.34. The number of halogens is 2. The molecular formula is C28H26Cl2N4O4S. The first-order valence-electron chi connectivity index (χ1n) is 12.3. The fourth-order valence-corrected chi connectivity index (χ4v) is 5.78. The molecule has 1 N–H and O–H groups in total. The van der Waals surface area contributed by atoms with Gasteiger partial charge in [-0.25, -0.2) is 0 Å². The van der Waals surface area contributed by atoms with Crippen molar-refractivity contribution in [3.05, 3.63) is 80.4 Å². The highest BCUT2D eigenvalue weighted by Gasteiger charge is 2.36. The zero-order valence-electron chi connectivity index (χ0n) is 21.4. The van der Waals surface area contributed by atoms with Gasteiger partial charge in [0.05, 0.1) is 28.2 Å². The minimum Gasteiger partial charge on any atom is -0.378 e. The molecule has 0 unspecified atom stereocenters. The van der Waals surface area contributed by atoms with Crippen LogP contribution in [0.25, 0.3) is 11.8 Å². The Morgan fingerprint density at radius 1 is 1.00 bits per heavy atom. The van der Waals surface area contributed by atoms with Gasteiger partial charge >= 0.3 is 0 Å². The number of aromatic nitrogens is 1. The van der Waals surface area contributed by atoms with Gasteiger partial charge in [0.25, 0.3) is 11.1 Å². The average molecular weight is 586 g/mol. The largest absolute Gasteiger partial charge is 0.378 e. The van der Waals surface area contributed by atoms with E-state index >= 15 is 0 Å². The number of hydrogen-bond acceptors (Lipinski definition) is 6. The Hall–Kier alpha value is -3.24. The Morgan fingerprint density at radius 3 is 2.38 bits per heavy atom. The maximum atomic E-state index is 13.1. The van der Waals surface area contributed by atoms with Gasteiger partial charge in [-0.3, -0.25) is 19.3 Å². The van der Waals surface area contributed by atoms with Gasteiger partial charge in [-0.15, -0.1) is 0 Å². The third kappa shape index (κ3) is 5.86. The van der Waals surface area contributed by atoms with Gasteiger partial charge in [-0.05, 0) is 85.8 Å². The predicted molar refractivity (Wildman–Crippen MR) is 156 cm³/mol. The van der Waals surface area contributed by atoms with Crippen LogP contribution >= 0.6 is 35.0 Å². The number of rotatable bonds is 6. The van der Waals surface area contributed by atoms with Crippen molar-refractivity contribution in [2.45, 2.75) is 13.8 Å². The van der Waals surface area contributed by atoms with Crippen molar-refractivity contribution in [2.75, 3.05) is 43.1 Å². The number of amides is 3. The fourth-order valence-electron chi connectivity index (χ4n) is 4.65. The zero-order chi connectivity index (χ0) is 27.7. The molecule has 11 heteroatoms. The van der Waals surface area contributed by atoms with Crippen molar-refractivity contribution in [3.8, 4) is 5.69 Å². The summed E-state index contributed by atoms with van der Waals surface area (Å²) in [4.78, 5) is 41.8. The summed E-state index contributed by atoms with van der Waals surface area (Å²) in [6.07, 6.45) is 1.68. The first-order valence-corrected chi connectivity index (χ1v) is 13.9. The van der Waals surface area contributed by atoms with Crippen molar-refractivity contribution in [2.24, 2.45) is 0 Å². The van der Waals surface area contributed by atoms with E-state index in [0.717, 1.165) is 58.1 Å². The van der Waals surface area contributed by atoms with Gasteiger partial charge in [-0.1, -0.05) is 23.2 Å². The number of anilines is 2. The van der Waals surface area contributed by atoms with Gasteiger partial charge in [0.15, 0.2) is 0 Å². The molecule has 2 fully saturated rings. The number of nitrogens with one attached hydrogen (secondary N) is 1. The van der Waals surface area contributed by atoms with Crippen LogP contribution in [0, 0.1) is 13.8 Å².